The van der Waals surface area contributed by atoms with E-state index in [1.165, 1.54) is 30.5 Å². The van der Waals surface area contributed by atoms with E-state index in [9.17, 15) is 17.6 Å². The second-order valence-electron chi connectivity index (χ2n) is 7.84. The highest BCUT2D eigenvalue weighted by Crippen LogP contribution is 2.38. The number of carbonyl (C=O) groups is 1. The Hall–Kier alpha value is -4.23. The molecule has 0 spiro atoms. The fourth-order valence-corrected chi connectivity index (χ4v) is 5.05. The first kappa shape index (κ1) is 24.9. The lowest BCUT2D eigenvalue weighted by Gasteiger charge is -2.15. The topological polar surface area (TPSA) is 79.0 Å². The van der Waals surface area contributed by atoms with Crippen LogP contribution in [0.2, 0.25) is 0 Å². The van der Waals surface area contributed by atoms with Crippen molar-refractivity contribution in [3.8, 4) is 11.5 Å². The number of halogens is 2. The number of fused-ring (bicyclic) bond motifs is 1. The van der Waals surface area contributed by atoms with Gasteiger partial charge >= 0.3 is 5.97 Å². The van der Waals surface area contributed by atoms with Gasteiger partial charge in [-0.3, -0.25) is 4.79 Å². The van der Waals surface area contributed by atoms with Crippen molar-refractivity contribution in [1.82, 2.24) is 3.97 Å². The number of ether oxygens (including phenoxy) is 2. The fourth-order valence-electron chi connectivity index (χ4n) is 3.71. The highest BCUT2D eigenvalue weighted by molar-refractivity contribution is 7.90. The maximum atomic E-state index is 15.4. The smallest absolute Gasteiger partial charge is 0.310 e. The second-order valence-corrected chi connectivity index (χ2v) is 9.65. The summed E-state index contributed by atoms with van der Waals surface area (Å²) in [5.41, 5.74) is 0.602. The summed E-state index contributed by atoms with van der Waals surface area (Å²) in [5.74, 6) is -2.78. The quantitative estimate of drug-likeness (QED) is 0.228. The molecule has 0 N–H and O–H groups in total. The summed E-state index contributed by atoms with van der Waals surface area (Å²) in [5, 5.41) is 0.252. The zero-order valence-electron chi connectivity index (χ0n) is 19.3. The van der Waals surface area contributed by atoms with Crippen molar-refractivity contribution in [2.45, 2.75) is 25.2 Å². The van der Waals surface area contributed by atoms with Gasteiger partial charge in [0, 0.05) is 23.2 Å². The van der Waals surface area contributed by atoms with Crippen molar-refractivity contribution in [2.75, 3.05) is 6.61 Å². The molecule has 10 heteroatoms. The van der Waals surface area contributed by atoms with Crippen LogP contribution in [0.25, 0.3) is 15.7 Å². The molecule has 0 atom stereocenters. The average Bonchev–Trinajstić information content (AvgIpc) is 3.27. The lowest BCUT2D eigenvalue weighted by molar-refractivity contribution is -0.142. The Morgan fingerprint density at radius 1 is 1.06 bits per heavy atom. The molecule has 0 saturated carbocycles. The van der Waals surface area contributed by atoms with Crippen LogP contribution in [0.1, 0.15) is 18.1 Å². The third-order valence-electron chi connectivity index (χ3n) is 5.43. The summed E-state index contributed by atoms with van der Waals surface area (Å²) < 4.78 is 67.4. The van der Waals surface area contributed by atoms with E-state index >= 15 is 4.39 Å². The maximum Gasteiger partial charge on any atom is 0.310 e. The Morgan fingerprint density at radius 3 is 2.44 bits per heavy atom. The summed E-state index contributed by atoms with van der Waals surface area (Å²) in [6.45, 7) is 10.6. The van der Waals surface area contributed by atoms with Crippen LogP contribution in [0.4, 0.5) is 14.5 Å². The van der Waals surface area contributed by atoms with Crippen LogP contribution in [0.3, 0.4) is 0 Å². The van der Waals surface area contributed by atoms with E-state index in [1.807, 2.05) is 6.92 Å². The first-order valence-electron chi connectivity index (χ1n) is 10.8. The van der Waals surface area contributed by atoms with E-state index in [0.29, 0.717) is 0 Å². The van der Waals surface area contributed by atoms with Crippen molar-refractivity contribution in [3.63, 3.8) is 0 Å². The summed E-state index contributed by atoms with van der Waals surface area (Å²) >= 11 is 0. The number of aromatic nitrogens is 1. The third kappa shape index (κ3) is 4.65. The van der Waals surface area contributed by atoms with Gasteiger partial charge in [-0.25, -0.2) is 26.0 Å². The predicted molar refractivity (Wildman–Crippen MR) is 129 cm³/mol. The first-order valence-corrected chi connectivity index (χ1v) is 12.2. The molecule has 1 aromatic heterocycles. The SMILES string of the molecule is [C-]#[N+]c1cc(Oc2c(F)cc3c(ccn3S(=O)(=O)c3ccc(C)cc3)c2CC(=O)OCC)ccc1F. The zero-order valence-corrected chi connectivity index (χ0v) is 20.1. The largest absolute Gasteiger partial charge is 0.466 e. The van der Waals surface area contributed by atoms with Crippen molar-refractivity contribution < 1.29 is 31.5 Å². The molecule has 0 unspecified atom stereocenters. The average molecular weight is 511 g/mol. The minimum atomic E-state index is -4.08. The molecule has 1 heterocycles. The second kappa shape index (κ2) is 9.79. The van der Waals surface area contributed by atoms with Gasteiger partial charge in [0.05, 0.1) is 30.0 Å². The van der Waals surface area contributed by atoms with Crippen LogP contribution < -0.4 is 4.74 Å². The van der Waals surface area contributed by atoms with Crippen LogP contribution in [0, 0.1) is 25.1 Å². The standard InChI is InChI=1S/C26H20F2N2O5S/c1-4-34-25(31)14-20-19-11-12-30(36(32,33)18-8-5-16(2)6-9-18)24(19)15-22(28)26(20)35-17-7-10-21(27)23(13-17)29-3/h5-13,15H,4,14H2,1-2H3. The van der Waals surface area contributed by atoms with E-state index in [4.69, 9.17) is 16.0 Å². The molecule has 4 aromatic rings. The molecule has 0 bridgehead atoms. The van der Waals surface area contributed by atoms with Crippen molar-refractivity contribution >= 4 is 32.6 Å². The van der Waals surface area contributed by atoms with Crippen LogP contribution in [0.15, 0.2) is 65.7 Å². The number of hydrogen-bond acceptors (Lipinski definition) is 5. The number of aryl methyl sites for hydroxylation is 1. The lowest BCUT2D eigenvalue weighted by Crippen LogP contribution is -2.13. The van der Waals surface area contributed by atoms with Gasteiger partial charge in [-0.05, 0) is 50.2 Å². The minimum Gasteiger partial charge on any atom is -0.466 e. The minimum absolute atomic E-state index is 0.000627. The monoisotopic (exact) mass is 510 g/mol. The Balaban J connectivity index is 1.89. The van der Waals surface area contributed by atoms with Crippen molar-refractivity contribution in [3.05, 3.63) is 95.0 Å². The van der Waals surface area contributed by atoms with Gasteiger partial charge in [-0.1, -0.05) is 17.7 Å². The molecule has 3 aromatic carbocycles. The van der Waals surface area contributed by atoms with E-state index in [-0.39, 0.29) is 45.2 Å². The molecular formula is C26H20F2N2O5S. The molecular weight excluding hydrogens is 490 g/mol. The van der Waals surface area contributed by atoms with Gasteiger partial charge in [0.25, 0.3) is 10.0 Å². The Morgan fingerprint density at radius 2 is 1.78 bits per heavy atom. The van der Waals surface area contributed by atoms with Gasteiger partial charge < -0.3 is 9.47 Å². The number of benzene rings is 3. The lowest BCUT2D eigenvalue weighted by atomic mass is 10.1. The van der Waals surface area contributed by atoms with Crippen molar-refractivity contribution in [1.29, 1.82) is 0 Å². The van der Waals surface area contributed by atoms with Crippen LogP contribution >= 0.6 is 0 Å². The van der Waals surface area contributed by atoms with Crippen LogP contribution in [-0.2, 0) is 26.0 Å². The first-order chi connectivity index (χ1) is 17.1. The number of rotatable bonds is 7. The van der Waals surface area contributed by atoms with Crippen molar-refractivity contribution in [2.24, 2.45) is 0 Å². The molecule has 0 fully saturated rings. The van der Waals surface area contributed by atoms with E-state index in [1.54, 1.807) is 19.1 Å². The summed E-state index contributed by atoms with van der Waals surface area (Å²) in [7, 11) is -4.08. The highest BCUT2D eigenvalue weighted by Gasteiger charge is 2.25. The molecule has 4 rings (SSSR count). The molecule has 184 valence electrons. The molecule has 0 aliphatic carbocycles. The van der Waals surface area contributed by atoms with Gasteiger partial charge in [-0.15, -0.1) is 0 Å². The van der Waals surface area contributed by atoms with E-state index in [2.05, 4.69) is 4.85 Å². The van der Waals surface area contributed by atoms with Crippen LogP contribution in [-0.4, -0.2) is 25.0 Å². The highest BCUT2D eigenvalue weighted by atomic mass is 32.2. The number of carbonyl (C=O) groups excluding carboxylic acids is 1. The third-order valence-corrected chi connectivity index (χ3v) is 7.14. The Kier molecular flexibility index (Phi) is 6.77. The van der Waals surface area contributed by atoms with Gasteiger partial charge in [0.15, 0.2) is 11.6 Å². The molecule has 0 radical (unpaired) electrons. The van der Waals surface area contributed by atoms with Gasteiger partial charge in [0.2, 0.25) is 5.69 Å². The molecule has 36 heavy (non-hydrogen) atoms. The maximum absolute atomic E-state index is 15.4. The van der Waals surface area contributed by atoms with Gasteiger partial charge in [0.1, 0.15) is 11.6 Å². The molecule has 0 saturated heterocycles. The Labute approximate surface area is 206 Å². The summed E-state index contributed by atoms with van der Waals surface area (Å²) in [6, 6.07) is 12.0. The molecule has 0 aliphatic heterocycles. The van der Waals surface area contributed by atoms with Crippen LogP contribution in [0.5, 0.6) is 11.5 Å². The summed E-state index contributed by atoms with van der Waals surface area (Å²) in [4.78, 5) is 15.4. The Bertz CT molecular complexity index is 1620. The number of nitrogens with zero attached hydrogens (tertiary/aromatic N) is 2. The number of hydrogen-bond donors (Lipinski definition) is 0. The molecule has 7 nitrogen and oxygen atoms in total. The molecule has 0 amide bonds. The van der Waals surface area contributed by atoms with E-state index in [0.717, 1.165) is 27.7 Å². The normalized spacial score (nSPS) is 11.3. The summed E-state index contributed by atoms with van der Waals surface area (Å²) in [6.07, 6.45) is 0.857. The fraction of sp³-hybridized carbons (Fsp3) is 0.154. The zero-order chi connectivity index (χ0) is 26.0. The molecule has 0 aliphatic rings. The van der Waals surface area contributed by atoms with E-state index < -0.39 is 34.0 Å². The number of esters is 1. The predicted octanol–water partition coefficient (Wildman–Crippen LogP) is 5.91. The van der Waals surface area contributed by atoms with Gasteiger partial charge in [-0.2, -0.15) is 0 Å².